The number of ether oxygens (including phenoxy) is 1. The fourth-order valence-corrected chi connectivity index (χ4v) is 6.45. The van der Waals surface area contributed by atoms with Crippen LogP contribution in [0.4, 0.5) is 22.0 Å². The number of aryl methyl sites for hydroxylation is 5. The second-order valence-electron chi connectivity index (χ2n) is 13.6. The van der Waals surface area contributed by atoms with E-state index < -0.39 is 64.9 Å². The summed E-state index contributed by atoms with van der Waals surface area (Å²) in [5.74, 6) is -3.91. The number of rotatable bonds is 14. The van der Waals surface area contributed by atoms with E-state index in [1.165, 1.54) is 13.0 Å². The Balaban J connectivity index is 2.21. The van der Waals surface area contributed by atoms with Gasteiger partial charge in [-0.15, -0.1) is 0 Å². The molecule has 2 atom stereocenters. The zero-order valence-corrected chi connectivity index (χ0v) is 30.3. The highest BCUT2D eigenvalue weighted by molar-refractivity contribution is 5.82. The standard InChI is InChI=1S/C38H48F5N3O4/c1-10-50-32(48)19-29(34-35(39)25(7)17-27(36(34)40)33-23(5)15-22(4)16-24(33)6)44-37(49)30(14-21(2)3)46-20-26(12-11-13-45(8)9)28(18-31(46)47)38(41,42)43/h15-18,20-21,29-30H,10-14,19H2,1-9H3,(H,44,49)/t29-,30?/m0/s1. The van der Waals surface area contributed by atoms with Crippen LogP contribution in [0.25, 0.3) is 11.1 Å². The van der Waals surface area contributed by atoms with Crippen LogP contribution in [0.1, 0.15) is 91.1 Å². The lowest BCUT2D eigenvalue weighted by molar-refractivity contribution is -0.144. The Kier molecular flexibility index (Phi) is 13.5. The van der Waals surface area contributed by atoms with Crippen molar-refractivity contribution >= 4 is 11.9 Å². The molecule has 1 N–H and O–H groups in total. The molecule has 1 unspecified atom stereocenters. The Labute approximate surface area is 290 Å². The van der Waals surface area contributed by atoms with Crippen molar-refractivity contribution in [1.29, 1.82) is 0 Å². The maximum absolute atomic E-state index is 16.7. The highest BCUT2D eigenvalue weighted by atomic mass is 19.4. The average molecular weight is 706 g/mol. The van der Waals surface area contributed by atoms with Gasteiger partial charge in [-0.05, 0) is 114 Å². The number of pyridine rings is 1. The summed E-state index contributed by atoms with van der Waals surface area (Å²) in [4.78, 5) is 42.1. The van der Waals surface area contributed by atoms with Crippen molar-refractivity contribution < 1.29 is 36.3 Å². The number of aromatic nitrogens is 1. The first-order valence-electron chi connectivity index (χ1n) is 16.8. The number of carbonyl (C=O) groups excluding carboxylic acids is 2. The predicted molar refractivity (Wildman–Crippen MR) is 184 cm³/mol. The van der Waals surface area contributed by atoms with Crippen molar-refractivity contribution in [2.75, 3.05) is 27.2 Å². The minimum absolute atomic E-state index is 0.00611. The first kappa shape index (κ1) is 40.4. The van der Waals surface area contributed by atoms with Gasteiger partial charge >= 0.3 is 12.1 Å². The van der Waals surface area contributed by atoms with Gasteiger partial charge in [-0.1, -0.05) is 31.5 Å². The van der Waals surface area contributed by atoms with Gasteiger partial charge in [0, 0.05) is 23.4 Å². The Hall–Kier alpha value is -4.06. The van der Waals surface area contributed by atoms with Crippen molar-refractivity contribution in [2.24, 2.45) is 5.92 Å². The Morgan fingerprint density at radius 1 is 0.960 bits per heavy atom. The third-order valence-corrected chi connectivity index (χ3v) is 8.56. The SMILES string of the molecule is CCOC(=O)C[C@H](NC(=O)C(CC(C)C)n1cc(CCCN(C)C)c(C(F)(F)F)cc1=O)c1c(F)c(C)cc(-c2c(C)cc(C)cc2C)c1F. The molecule has 1 amide bonds. The molecule has 50 heavy (non-hydrogen) atoms. The van der Waals surface area contributed by atoms with Gasteiger partial charge in [0.15, 0.2) is 0 Å². The lowest BCUT2D eigenvalue weighted by Crippen LogP contribution is -2.41. The molecule has 12 heteroatoms. The molecule has 274 valence electrons. The zero-order chi connectivity index (χ0) is 37.7. The lowest BCUT2D eigenvalue weighted by atomic mass is 9.88. The summed E-state index contributed by atoms with van der Waals surface area (Å²) >= 11 is 0. The summed E-state index contributed by atoms with van der Waals surface area (Å²) in [5.41, 5.74) is 0.253. The van der Waals surface area contributed by atoms with E-state index in [-0.39, 0.29) is 42.1 Å². The van der Waals surface area contributed by atoms with Gasteiger partial charge in [-0.3, -0.25) is 14.4 Å². The summed E-state index contributed by atoms with van der Waals surface area (Å²) < 4.78 is 80.9. The molecule has 2 aromatic carbocycles. The van der Waals surface area contributed by atoms with Crippen LogP contribution in [0.2, 0.25) is 0 Å². The molecule has 0 bridgehead atoms. The third kappa shape index (κ3) is 9.80. The first-order chi connectivity index (χ1) is 23.3. The lowest BCUT2D eigenvalue weighted by Gasteiger charge is -2.27. The average Bonchev–Trinajstić information content (AvgIpc) is 2.98. The number of carbonyl (C=O) groups is 2. The molecule has 1 heterocycles. The zero-order valence-electron chi connectivity index (χ0n) is 30.3. The van der Waals surface area contributed by atoms with Crippen LogP contribution in [0.3, 0.4) is 0 Å². The molecule has 0 saturated heterocycles. The molecule has 1 aromatic heterocycles. The van der Waals surface area contributed by atoms with Crippen molar-refractivity contribution in [3.63, 3.8) is 0 Å². The molecule has 3 rings (SSSR count). The third-order valence-electron chi connectivity index (χ3n) is 8.56. The van der Waals surface area contributed by atoms with E-state index in [9.17, 15) is 27.6 Å². The molecule has 0 spiro atoms. The fraction of sp³-hybridized carbons (Fsp3) is 0.500. The number of benzene rings is 2. The summed E-state index contributed by atoms with van der Waals surface area (Å²) in [5, 5.41) is 2.59. The highest BCUT2D eigenvalue weighted by Crippen LogP contribution is 2.38. The van der Waals surface area contributed by atoms with Gasteiger partial charge in [-0.25, -0.2) is 8.78 Å². The van der Waals surface area contributed by atoms with E-state index in [0.717, 1.165) is 27.5 Å². The smallest absolute Gasteiger partial charge is 0.416 e. The monoisotopic (exact) mass is 705 g/mol. The number of halogens is 5. The predicted octanol–water partition coefficient (Wildman–Crippen LogP) is 7.94. The Morgan fingerprint density at radius 2 is 1.58 bits per heavy atom. The number of esters is 1. The van der Waals surface area contributed by atoms with Gasteiger partial charge in [0.2, 0.25) is 5.91 Å². The summed E-state index contributed by atoms with van der Waals surface area (Å²) in [6, 6.07) is 2.66. The number of hydrogen-bond acceptors (Lipinski definition) is 5. The van der Waals surface area contributed by atoms with Crippen molar-refractivity contribution in [3.8, 4) is 11.1 Å². The molecule has 3 aromatic rings. The van der Waals surface area contributed by atoms with E-state index in [1.807, 2.05) is 24.0 Å². The second kappa shape index (κ2) is 16.8. The number of amides is 1. The van der Waals surface area contributed by atoms with E-state index in [2.05, 4.69) is 5.32 Å². The van der Waals surface area contributed by atoms with Crippen molar-refractivity contribution in [3.05, 3.63) is 91.4 Å². The van der Waals surface area contributed by atoms with E-state index in [0.29, 0.717) is 24.6 Å². The number of alkyl halides is 3. The normalized spacial score (nSPS) is 13.1. The van der Waals surface area contributed by atoms with Crippen LogP contribution in [-0.4, -0.2) is 48.6 Å². The number of nitrogens with one attached hydrogen (secondary N) is 1. The van der Waals surface area contributed by atoms with Gasteiger partial charge in [0.05, 0.1) is 24.6 Å². The van der Waals surface area contributed by atoms with Gasteiger partial charge in [0.25, 0.3) is 5.56 Å². The van der Waals surface area contributed by atoms with Crippen LogP contribution < -0.4 is 10.9 Å². The minimum atomic E-state index is -4.81. The topological polar surface area (TPSA) is 80.6 Å². The van der Waals surface area contributed by atoms with Crippen LogP contribution in [0.15, 0.2) is 35.3 Å². The maximum atomic E-state index is 16.7. The molecular formula is C38H48F5N3O4. The Bertz CT molecular complexity index is 1740. The maximum Gasteiger partial charge on any atom is 0.416 e. The first-order valence-corrected chi connectivity index (χ1v) is 16.8. The van der Waals surface area contributed by atoms with Crippen molar-refractivity contribution in [1.82, 2.24) is 14.8 Å². The highest BCUT2D eigenvalue weighted by Gasteiger charge is 2.36. The number of hydrogen-bond donors (Lipinski definition) is 1. The van der Waals surface area contributed by atoms with Crippen LogP contribution in [-0.2, 0) is 26.9 Å². The van der Waals surface area contributed by atoms with Crippen LogP contribution >= 0.6 is 0 Å². The molecule has 0 saturated carbocycles. The summed E-state index contributed by atoms with van der Waals surface area (Å²) in [7, 11) is 3.57. The molecule has 0 aliphatic heterocycles. The Morgan fingerprint density at radius 3 is 2.12 bits per heavy atom. The molecule has 0 radical (unpaired) electrons. The number of nitrogens with zero attached hydrogens (tertiary/aromatic N) is 2. The van der Waals surface area contributed by atoms with Gasteiger partial charge < -0.3 is 19.5 Å². The van der Waals surface area contributed by atoms with E-state index in [4.69, 9.17) is 4.74 Å². The molecule has 0 fully saturated rings. The minimum Gasteiger partial charge on any atom is -0.466 e. The molecule has 7 nitrogen and oxygen atoms in total. The van der Waals surface area contributed by atoms with E-state index >= 15 is 8.78 Å². The largest absolute Gasteiger partial charge is 0.466 e. The van der Waals surface area contributed by atoms with Gasteiger partial charge in [0.1, 0.15) is 17.7 Å². The second-order valence-corrected chi connectivity index (χ2v) is 13.6. The van der Waals surface area contributed by atoms with E-state index in [1.54, 1.807) is 48.7 Å². The van der Waals surface area contributed by atoms with Crippen LogP contribution in [0.5, 0.6) is 0 Å². The summed E-state index contributed by atoms with van der Waals surface area (Å²) in [6.45, 7) is 12.5. The summed E-state index contributed by atoms with van der Waals surface area (Å²) in [6.07, 6.45) is -4.05. The van der Waals surface area contributed by atoms with Gasteiger partial charge in [-0.2, -0.15) is 13.2 Å². The fourth-order valence-electron chi connectivity index (χ4n) is 6.45. The van der Waals surface area contributed by atoms with Crippen molar-refractivity contribution in [2.45, 2.75) is 92.4 Å². The molecule has 0 aliphatic rings. The molecular weight excluding hydrogens is 657 g/mol. The quantitative estimate of drug-likeness (QED) is 0.136. The molecule has 0 aliphatic carbocycles. The van der Waals surface area contributed by atoms with Crippen LogP contribution in [0, 0.1) is 45.2 Å².